The van der Waals surface area contributed by atoms with E-state index in [2.05, 4.69) is 40.0 Å². The number of aromatic nitrogens is 2. The van der Waals surface area contributed by atoms with Crippen molar-refractivity contribution in [1.29, 1.82) is 0 Å². The summed E-state index contributed by atoms with van der Waals surface area (Å²) in [6.45, 7) is 4.00. The maximum atomic E-state index is 4.50. The lowest BCUT2D eigenvalue weighted by Gasteiger charge is -2.05. The molecular weight excluding hydrogens is 174 g/mol. The summed E-state index contributed by atoms with van der Waals surface area (Å²) in [6.07, 6.45) is 0. The second-order valence-corrected chi connectivity index (χ2v) is 3.40. The first-order valence-corrected chi connectivity index (χ1v) is 4.89. The smallest absolute Gasteiger partial charge is 0.106 e. The summed E-state index contributed by atoms with van der Waals surface area (Å²) in [5.74, 6) is 1.08. The van der Waals surface area contributed by atoms with Crippen LogP contribution in [0.1, 0.15) is 5.82 Å². The molecule has 0 atom stereocenters. The maximum Gasteiger partial charge on any atom is 0.106 e. The predicted molar refractivity (Wildman–Crippen MR) is 58.4 cm³/mol. The van der Waals surface area contributed by atoms with Crippen LogP contribution in [0.25, 0.3) is 11.0 Å². The number of rotatable bonds is 3. The first-order chi connectivity index (χ1) is 6.83. The van der Waals surface area contributed by atoms with E-state index in [4.69, 9.17) is 0 Å². The van der Waals surface area contributed by atoms with E-state index in [1.807, 2.05) is 13.1 Å². The number of likely N-dealkylation sites (N-methyl/N-ethyl adjacent to an activating group) is 1. The second kappa shape index (κ2) is 3.80. The zero-order chi connectivity index (χ0) is 9.97. The van der Waals surface area contributed by atoms with Gasteiger partial charge in [0.25, 0.3) is 0 Å². The van der Waals surface area contributed by atoms with Gasteiger partial charge >= 0.3 is 0 Å². The van der Waals surface area contributed by atoms with E-state index >= 15 is 0 Å². The highest BCUT2D eigenvalue weighted by molar-refractivity contribution is 5.75. The normalized spacial score (nSPS) is 11.0. The Morgan fingerprint density at radius 3 is 2.93 bits per heavy atom. The number of para-hydroxylation sites is 2. The van der Waals surface area contributed by atoms with Crippen LogP contribution in [0.5, 0.6) is 0 Å². The van der Waals surface area contributed by atoms with Crippen LogP contribution in [-0.2, 0) is 6.54 Å². The van der Waals surface area contributed by atoms with Crippen molar-refractivity contribution in [2.45, 2.75) is 13.5 Å². The van der Waals surface area contributed by atoms with Crippen molar-refractivity contribution in [2.75, 3.05) is 13.6 Å². The molecular formula is C11H15N3. The molecule has 0 saturated carbocycles. The van der Waals surface area contributed by atoms with Gasteiger partial charge in [-0.15, -0.1) is 0 Å². The molecule has 0 aliphatic carbocycles. The van der Waals surface area contributed by atoms with Crippen molar-refractivity contribution >= 4 is 11.0 Å². The van der Waals surface area contributed by atoms with Gasteiger partial charge in [-0.2, -0.15) is 0 Å². The number of aryl methyl sites for hydroxylation is 1. The Hall–Kier alpha value is -1.35. The molecule has 0 aliphatic heterocycles. The Bertz CT molecular complexity index is 431. The van der Waals surface area contributed by atoms with Gasteiger partial charge in [0.1, 0.15) is 5.82 Å². The molecule has 0 unspecified atom stereocenters. The molecule has 1 heterocycles. The molecule has 1 aromatic heterocycles. The highest BCUT2D eigenvalue weighted by Gasteiger charge is 2.04. The topological polar surface area (TPSA) is 29.9 Å². The molecule has 0 spiro atoms. The van der Waals surface area contributed by atoms with Crippen molar-refractivity contribution in [2.24, 2.45) is 0 Å². The lowest BCUT2D eigenvalue weighted by atomic mass is 10.3. The second-order valence-electron chi connectivity index (χ2n) is 3.40. The summed E-state index contributed by atoms with van der Waals surface area (Å²) in [5, 5.41) is 3.15. The molecule has 74 valence electrons. The van der Waals surface area contributed by atoms with Crippen LogP contribution in [0.2, 0.25) is 0 Å². The molecule has 2 aromatic rings. The Kier molecular flexibility index (Phi) is 2.50. The zero-order valence-corrected chi connectivity index (χ0v) is 8.62. The molecule has 3 nitrogen and oxygen atoms in total. The third-order valence-corrected chi connectivity index (χ3v) is 2.43. The highest BCUT2D eigenvalue weighted by Crippen LogP contribution is 2.14. The van der Waals surface area contributed by atoms with E-state index < -0.39 is 0 Å². The van der Waals surface area contributed by atoms with Crippen LogP contribution in [0.4, 0.5) is 0 Å². The number of nitrogens with one attached hydrogen (secondary N) is 1. The average Bonchev–Trinajstić information content (AvgIpc) is 2.51. The summed E-state index contributed by atoms with van der Waals surface area (Å²) < 4.78 is 2.24. The Labute approximate surface area is 83.8 Å². The standard InChI is InChI=1S/C11H15N3/c1-9-13-10-5-3-4-6-11(10)14(9)8-7-12-2/h3-6,12H,7-8H2,1-2H3. The van der Waals surface area contributed by atoms with Crippen LogP contribution in [0, 0.1) is 6.92 Å². The van der Waals surface area contributed by atoms with Crippen LogP contribution >= 0.6 is 0 Å². The molecule has 0 amide bonds. The summed E-state index contributed by atoms with van der Waals surface area (Å²) >= 11 is 0. The lowest BCUT2D eigenvalue weighted by molar-refractivity contribution is 0.643. The fourth-order valence-electron chi connectivity index (χ4n) is 1.70. The van der Waals surface area contributed by atoms with Crippen LogP contribution < -0.4 is 5.32 Å². The number of nitrogens with zero attached hydrogens (tertiary/aromatic N) is 2. The van der Waals surface area contributed by atoms with E-state index in [9.17, 15) is 0 Å². The molecule has 2 rings (SSSR count). The van der Waals surface area contributed by atoms with Gasteiger partial charge in [0, 0.05) is 13.1 Å². The fourth-order valence-corrected chi connectivity index (χ4v) is 1.70. The van der Waals surface area contributed by atoms with Gasteiger partial charge in [-0.25, -0.2) is 4.98 Å². The molecule has 0 aliphatic rings. The van der Waals surface area contributed by atoms with Crippen molar-refractivity contribution in [3.05, 3.63) is 30.1 Å². The number of hydrogen-bond donors (Lipinski definition) is 1. The summed E-state index contributed by atoms with van der Waals surface area (Å²) in [7, 11) is 1.97. The van der Waals surface area contributed by atoms with Gasteiger partial charge in [0.15, 0.2) is 0 Å². The molecule has 0 bridgehead atoms. The number of hydrogen-bond acceptors (Lipinski definition) is 2. The number of benzene rings is 1. The van der Waals surface area contributed by atoms with Crippen molar-refractivity contribution in [1.82, 2.24) is 14.9 Å². The molecule has 0 fully saturated rings. The monoisotopic (exact) mass is 189 g/mol. The van der Waals surface area contributed by atoms with Gasteiger partial charge < -0.3 is 9.88 Å². The van der Waals surface area contributed by atoms with Crippen LogP contribution in [0.3, 0.4) is 0 Å². The van der Waals surface area contributed by atoms with E-state index in [1.165, 1.54) is 5.52 Å². The van der Waals surface area contributed by atoms with E-state index in [0.717, 1.165) is 24.4 Å². The Morgan fingerprint density at radius 1 is 1.36 bits per heavy atom. The minimum absolute atomic E-state index is 0.973. The third kappa shape index (κ3) is 1.51. The quantitative estimate of drug-likeness (QED) is 0.794. The van der Waals surface area contributed by atoms with Gasteiger partial charge in [-0.1, -0.05) is 12.1 Å². The largest absolute Gasteiger partial charge is 0.327 e. The number of imidazole rings is 1. The van der Waals surface area contributed by atoms with Crippen molar-refractivity contribution in [3.63, 3.8) is 0 Å². The summed E-state index contributed by atoms with van der Waals surface area (Å²) in [4.78, 5) is 4.50. The average molecular weight is 189 g/mol. The fraction of sp³-hybridized carbons (Fsp3) is 0.364. The minimum atomic E-state index is 0.973. The van der Waals surface area contributed by atoms with E-state index in [-0.39, 0.29) is 0 Å². The van der Waals surface area contributed by atoms with Gasteiger partial charge in [-0.3, -0.25) is 0 Å². The van der Waals surface area contributed by atoms with Crippen molar-refractivity contribution < 1.29 is 0 Å². The van der Waals surface area contributed by atoms with Crippen molar-refractivity contribution in [3.8, 4) is 0 Å². The van der Waals surface area contributed by atoms with Crippen LogP contribution in [0.15, 0.2) is 24.3 Å². The first kappa shape index (κ1) is 9.21. The van der Waals surface area contributed by atoms with E-state index in [1.54, 1.807) is 0 Å². The predicted octanol–water partition coefficient (Wildman–Crippen LogP) is 1.56. The summed E-state index contributed by atoms with van der Waals surface area (Å²) in [5.41, 5.74) is 2.31. The molecule has 3 heteroatoms. The Balaban J connectivity index is 2.45. The third-order valence-electron chi connectivity index (χ3n) is 2.43. The highest BCUT2D eigenvalue weighted by atomic mass is 15.1. The van der Waals surface area contributed by atoms with Gasteiger partial charge in [0.2, 0.25) is 0 Å². The minimum Gasteiger partial charge on any atom is -0.327 e. The number of fused-ring (bicyclic) bond motifs is 1. The molecule has 1 N–H and O–H groups in total. The van der Waals surface area contributed by atoms with E-state index in [0.29, 0.717) is 0 Å². The molecule has 0 saturated heterocycles. The Morgan fingerprint density at radius 2 is 2.14 bits per heavy atom. The molecule has 1 aromatic carbocycles. The molecule has 14 heavy (non-hydrogen) atoms. The first-order valence-electron chi connectivity index (χ1n) is 4.89. The van der Waals surface area contributed by atoms with Crippen LogP contribution in [-0.4, -0.2) is 23.1 Å². The van der Waals surface area contributed by atoms with Gasteiger partial charge in [0.05, 0.1) is 11.0 Å². The lowest BCUT2D eigenvalue weighted by Crippen LogP contribution is -2.15. The van der Waals surface area contributed by atoms with Gasteiger partial charge in [-0.05, 0) is 26.1 Å². The SMILES string of the molecule is CNCCn1c(C)nc2ccccc21. The summed E-state index contributed by atoms with van der Waals surface area (Å²) in [6, 6.07) is 8.25. The zero-order valence-electron chi connectivity index (χ0n) is 8.62. The maximum absolute atomic E-state index is 4.50. The molecule has 0 radical (unpaired) electrons.